The monoisotopic (exact) mass is 424 g/mol. The molecule has 3 heterocycles. The highest BCUT2D eigenvalue weighted by molar-refractivity contribution is 5.99. The van der Waals surface area contributed by atoms with Crippen LogP contribution in [0.1, 0.15) is 30.7 Å². The largest absolute Gasteiger partial charge is 0.471 e. The maximum Gasteiger partial charge on any atom is 0.471 e. The lowest BCUT2D eigenvalue weighted by molar-refractivity contribution is -0.163. The van der Waals surface area contributed by atoms with Gasteiger partial charge in [0.2, 0.25) is 18.0 Å². The number of halogens is 3. The molecule has 1 atom stereocenters. The fraction of sp³-hybridized carbons (Fsp3) is 0.474. The first-order valence-electron chi connectivity index (χ1n) is 9.49. The Hall–Kier alpha value is -2.95. The van der Waals surface area contributed by atoms with Gasteiger partial charge in [-0.2, -0.15) is 18.2 Å². The number of nitrogens with zero attached hydrogens (tertiary/aromatic N) is 4. The highest BCUT2D eigenvalue weighted by atomic mass is 19.4. The second-order valence-electron chi connectivity index (χ2n) is 7.10. The molecule has 8 nitrogen and oxygen atoms in total. The van der Waals surface area contributed by atoms with Crippen molar-refractivity contribution < 1.29 is 32.1 Å². The van der Waals surface area contributed by atoms with Crippen LogP contribution in [-0.4, -0.2) is 52.6 Å². The molecule has 0 N–H and O–H groups in total. The van der Waals surface area contributed by atoms with Crippen LogP contribution in [0.3, 0.4) is 0 Å². The van der Waals surface area contributed by atoms with Crippen LogP contribution in [0.5, 0.6) is 0 Å². The van der Waals surface area contributed by atoms with Crippen molar-refractivity contribution in [3.63, 3.8) is 0 Å². The van der Waals surface area contributed by atoms with Gasteiger partial charge >= 0.3 is 12.1 Å². The van der Waals surface area contributed by atoms with Crippen molar-refractivity contribution in [3.8, 4) is 11.4 Å². The third-order valence-electron chi connectivity index (χ3n) is 4.77. The summed E-state index contributed by atoms with van der Waals surface area (Å²) < 4.78 is 47.3. The highest BCUT2D eigenvalue weighted by Gasteiger charge is 2.38. The normalized spacial score (nSPS) is 19.4. The standard InChI is InChI=1S/C19H19F3N4O4/c20-19(21,22)18-23-17(25-30-18)13-6-4-12(5-7-13)9-15(27)26-10-14(11-26)24-29-16-3-1-2-8-28-16/h4-7,16H,1-3,8-11H2. The lowest BCUT2D eigenvalue weighted by Crippen LogP contribution is -2.51. The second-order valence-corrected chi connectivity index (χ2v) is 7.10. The van der Waals surface area contributed by atoms with Gasteiger partial charge in [0.05, 0.1) is 31.8 Å². The van der Waals surface area contributed by atoms with Gasteiger partial charge in [-0.25, -0.2) is 0 Å². The van der Waals surface area contributed by atoms with Gasteiger partial charge in [0.15, 0.2) is 0 Å². The number of hydrogen-bond donors (Lipinski definition) is 0. The van der Waals surface area contributed by atoms with Crippen molar-refractivity contribution in [1.82, 2.24) is 15.0 Å². The topological polar surface area (TPSA) is 90.1 Å². The summed E-state index contributed by atoms with van der Waals surface area (Å²) in [5.41, 5.74) is 1.87. The number of likely N-dealkylation sites (tertiary alicyclic amines) is 1. The van der Waals surface area contributed by atoms with E-state index < -0.39 is 12.1 Å². The quantitative estimate of drug-likeness (QED) is 0.686. The van der Waals surface area contributed by atoms with Crippen LogP contribution < -0.4 is 0 Å². The molecule has 2 fully saturated rings. The summed E-state index contributed by atoms with van der Waals surface area (Å²) in [5.74, 6) is -1.63. The lowest BCUT2D eigenvalue weighted by atomic mass is 10.1. The van der Waals surface area contributed by atoms with Crippen LogP contribution in [-0.2, 0) is 27.0 Å². The van der Waals surface area contributed by atoms with Gasteiger partial charge in [-0.05, 0) is 18.4 Å². The summed E-state index contributed by atoms with van der Waals surface area (Å²) in [4.78, 5) is 22.7. The Morgan fingerprint density at radius 2 is 2.00 bits per heavy atom. The molecule has 0 bridgehead atoms. The van der Waals surface area contributed by atoms with Crippen molar-refractivity contribution in [2.45, 2.75) is 38.1 Å². The Bertz CT molecular complexity index is 913. The molecular weight excluding hydrogens is 405 g/mol. The van der Waals surface area contributed by atoms with Crippen LogP contribution >= 0.6 is 0 Å². The average molecular weight is 424 g/mol. The minimum Gasteiger partial charge on any atom is -0.364 e. The van der Waals surface area contributed by atoms with Crippen LogP contribution in [0, 0.1) is 0 Å². The minimum absolute atomic E-state index is 0.0745. The number of ether oxygens (including phenoxy) is 1. The van der Waals surface area contributed by atoms with Crippen LogP contribution in [0.4, 0.5) is 13.2 Å². The number of amides is 1. The van der Waals surface area contributed by atoms with E-state index in [1.807, 2.05) is 0 Å². The highest BCUT2D eigenvalue weighted by Crippen LogP contribution is 2.29. The van der Waals surface area contributed by atoms with E-state index in [1.54, 1.807) is 29.2 Å². The molecule has 0 saturated carbocycles. The molecular formula is C19H19F3N4O4. The van der Waals surface area contributed by atoms with Gasteiger partial charge in [-0.15, -0.1) is 0 Å². The molecule has 11 heteroatoms. The Kier molecular flexibility index (Phi) is 5.71. The Morgan fingerprint density at radius 3 is 2.63 bits per heavy atom. The van der Waals surface area contributed by atoms with E-state index >= 15 is 0 Å². The molecule has 2 aromatic rings. The third-order valence-corrected chi connectivity index (χ3v) is 4.77. The van der Waals surface area contributed by atoms with Crippen molar-refractivity contribution in [3.05, 3.63) is 35.7 Å². The zero-order valence-corrected chi connectivity index (χ0v) is 15.9. The fourth-order valence-corrected chi connectivity index (χ4v) is 3.07. The summed E-state index contributed by atoms with van der Waals surface area (Å²) in [5, 5.41) is 7.39. The van der Waals surface area contributed by atoms with Crippen molar-refractivity contribution >= 4 is 11.6 Å². The molecule has 2 aliphatic rings. The number of carbonyl (C=O) groups is 1. The molecule has 0 aliphatic carbocycles. The zero-order valence-electron chi connectivity index (χ0n) is 15.9. The number of carbonyl (C=O) groups excluding carboxylic acids is 1. The molecule has 4 rings (SSSR count). The second kappa shape index (κ2) is 8.42. The van der Waals surface area contributed by atoms with E-state index in [0.29, 0.717) is 25.3 Å². The summed E-state index contributed by atoms with van der Waals surface area (Å²) in [6.45, 7) is 1.49. The molecule has 2 aliphatic heterocycles. The molecule has 30 heavy (non-hydrogen) atoms. The molecule has 0 radical (unpaired) electrons. The smallest absolute Gasteiger partial charge is 0.364 e. The van der Waals surface area contributed by atoms with E-state index in [9.17, 15) is 18.0 Å². The Morgan fingerprint density at radius 1 is 1.23 bits per heavy atom. The first-order chi connectivity index (χ1) is 14.4. The number of hydrogen-bond acceptors (Lipinski definition) is 7. The van der Waals surface area contributed by atoms with Crippen LogP contribution in [0.15, 0.2) is 33.9 Å². The summed E-state index contributed by atoms with van der Waals surface area (Å²) >= 11 is 0. The van der Waals surface area contributed by atoms with Crippen LogP contribution in [0.25, 0.3) is 11.4 Å². The predicted octanol–water partition coefficient (Wildman–Crippen LogP) is 3.04. The van der Waals surface area contributed by atoms with E-state index in [2.05, 4.69) is 19.8 Å². The number of oxime groups is 1. The molecule has 1 amide bonds. The van der Waals surface area contributed by atoms with E-state index in [0.717, 1.165) is 30.5 Å². The van der Waals surface area contributed by atoms with Crippen molar-refractivity contribution in [2.75, 3.05) is 19.7 Å². The van der Waals surface area contributed by atoms with Gasteiger partial charge in [0.25, 0.3) is 0 Å². The Balaban J connectivity index is 1.27. The molecule has 0 spiro atoms. The molecule has 1 unspecified atom stereocenters. The van der Waals surface area contributed by atoms with Gasteiger partial charge in [-0.1, -0.05) is 34.6 Å². The summed E-state index contributed by atoms with van der Waals surface area (Å²) in [6, 6.07) is 6.40. The molecule has 1 aromatic heterocycles. The van der Waals surface area contributed by atoms with Crippen molar-refractivity contribution in [2.24, 2.45) is 5.16 Å². The SMILES string of the molecule is O=C(Cc1ccc(-c2noc(C(F)(F)F)n2)cc1)N1CC(=NOC2CCCCO2)C1. The van der Waals surface area contributed by atoms with Crippen LogP contribution in [0.2, 0.25) is 0 Å². The van der Waals surface area contributed by atoms with E-state index in [-0.39, 0.29) is 24.4 Å². The molecule has 160 valence electrons. The molecule has 2 saturated heterocycles. The summed E-state index contributed by atoms with van der Waals surface area (Å²) in [7, 11) is 0. The number of rotatable bonds is 5. The van der Waals surface area contributed by atoms with Gasteiger partial charge in [0, 0.05) is 12.0 Å². The minimum atomic E-state index is -4.69. The third kappa shape index (κ3) is 4.78. The zero-order chi connectivity index (χ0) is 21.1. The Labute approximate surface area is 169 Å². The van der Waals surface area contributed by atoms with Gasteiger partial charge in [0.1, 0.15) is 0 Å². The van der Waals surface area contributed by atoms with E-state index in [4.69, 9.17) is 9.57 Å². The average Bonchev–Trinajstić information content (AvgIpc) is 3.19. The predicted molar refractivity (Wildman–Crippen MR) is 97.1 cm³/mol. The van der Waals surface area contributed by atoms with Gasteiger partial charge < -0.3 is 19.0 Å². The number of benzene rings is 1. The van der Waals surface area contributed by atoms with E-state index in [1.165, 1.54) is 0 Å². The first kappa shape index (κ1) is 20.3. The lowest BCUT2D eigenvalue weighted by Gasteiger charge is -2.32. The fourth-order valence-electron chi connectivity index (χ4n) is 3.07. The number of alkyl halides is 3. The maximum atomic E-state index is 12.5. The first-order valence-corrected chi connectivity index (χ1v) is 9.49. The number of aromatic nitrogens is 2. The maximum absolute atomic E-state index is 12.5. The van der Waals surface area contributed by atoms with Crippen molar-refractivity contribution in [1.29, 1.82) is 0 Å². The molecule has 1 aromatic carbocycles. The summed E-state index contributed by atoms with van der Waals surface area (Å²) in [6.07, 6.45) is -1.93. The van der Waals surface area contributed by atoms with Gasteiger partial charge in [-0.3, -0.25) is 4.79 Å².